The Bertz CT molecular complexity index is 310. The van der Waals surface area contributed by atoms with Crippen LogP contribution < -0.4 is 11.1 Å². The summed E-state index contributed by atoms with van der Waals surface area (Å²) in [6, 6.07) is 7.13. The van der Waals surface area contributed by atoms with E-state index in [1.54, 1.807) is 19.2 Å². The van der Waals surface area contributed by atoms with Crippen molar-refractivity contribution >= 4 is 17.5 Å². The van der Waals surface area contributed by atoms with Gasteiger partial charge >= 0.3 is 0 Å². The van der Waals surface area contributed by atoms with Crippen molar-refractivity contribution in [3.05, 3.63) is 34.9 Å². The molecular weight excluding hydrogens is 200 g/mol. The highest BCUT2D eigenvalue weighted by atomic mass is 35.5. The van der Waals surface area contributed by atoms with Gasteiger partial charge in [0.25, 0.3) is 0 Å². The second kappa shape index (κ2) is 4.98. The maximum Gasteiger partial charge on any atom is 0.228 e. The SMILES string of the molecule is CNC(=O)C(CN)c1ccc(Cl)cc1. The molecule has 1 unspecified atom stereocenters. The second-order valence-corrected chi connectivity index (χ2v) is 3.39. The zero-order chi connectivity index (χ0) is 10.6. The fraction of sp³-hybridized carbons (Fsp3) is 0.300. The molecule has 0 aromatic heterocycles. The van der Waals surface area contributed by atoms with Gasteiger partial charge in [-0.1, -0.05) is 23.7 Å². The molecule has 0 bridgehead atoms. The van der Waals surface area contributed by atoms with E-state index in [0.29, 0.717) is 11.6 Å². The van der Waals surface area contributed by atoms with E-state index in [-0.39, 0.29) is 11.8 Å². The number of nitrogens with two attached hydrogens (primary N) is 1. The molecule has 4 heteroatoms. The number of nitrogens with one attached hydrogen (secondary N) is 1. The molecule has 1 aromatic carbocycles. The van der Waals surface area contributed by atoms with Gasteiger partial charge in [-0.3, -0.25) is 4.79 Å². The van der Waals surface area contributed by atoms with Gasteiger partial charge in [-0.15, -0.1) is 0 Å². The summed E-state index contributed by atoms with van der Waals surface area (Å²) in [6.07, 6.45) is 0. The minimum atomic E-state index is -0.294. The van der Waals surface area contributed by atoms with E-state index in [2.05, 4.69) is 5.32 Å². The van der Waals surface area contributed by atoms with E-state index in [9.17, 15) is 4.79 Å². The molecular formula is C10H13ClN2O. The third kappa shape index (κ3) is 2.47. The van der Waals surface area contributed by atoms with Gasteiger partial charge in [0.2, 0.25) is 5.91 Å². The Labute approximate surface area is 88.2 Å². The van der Waals surface area contributed by atoms with Crippen LogP contribution in [-0.4, -0.2) is 19.5 Å². The molecule has 0 heterocycles. The average molecular weight is 213 g/mol. The van der Waals surface area contributed by atoms with Gasteiger partial charge in [0, 0.05) is 18.6 Å². The van der Waals surface area contributed by atoms with E-state index in [4.69, 9.17) is 17.3 Å². The fourth-order valence-corrected chi connectivity index (χ4v) is 1.39. The summed E-state index contributed by atoms with van der Waals surface area (Å²) in [6.45, 7) is 0.293. The zero-order valence-corrected chi connectivity index (χ0v) is 8.71. The van der Waals surface area contributed by atoms with Crippen LogP contribution in [0.2, 0.25) is 5.02 Å². The minimum Gasteiger partial charge on any atom is -0.359 e. The van der Waals surface area contributed by atoms with Gasteiger partial charge in [-0.25, -0.2) is 0 Å². The number of amides is 1. The Kier molecular flexibility index (Phi) is 3.92. The molecule has 0 aliphatic heterocycles. The lowest BCUT2D eigenvalue weighted by Gasteiger charge is -2.13. The molecule has 1 rings (SSSR count). The number of halogens is 1. The van der Waals surface area contributed by atoms with Crippen LogP contribution in [0.25, 0.3) is 0 Å². The smallest absolute Gasteiger partial charge is 0.228 e. The van der Waals surface area contributed by atoms with Crippen molar-refractivity contribution in [2.75, 3.05) is 13.6 Å². The predicted molar refractivity (Wildman–Crippen MR) is 57.3 cm³/mol. The summed E-state index contributed by atoms with van der Waals surface area (Å²) in [7, 11) is 1.60. The predicted octanol–water partition coefficient (Wildman–Crippen LogP) is 1.13. The maximum absolute atomic E-state index is 11.4. The first-order chi connectivity index (χ1) is 6.69. The van der Waals surface area contributed by atoms with Crippen LogP contribution in [0.1, 0.15) is 11.5 Å². The lowest BCUT2D eigenvalue weighted by molar-refractivity contribution is -0.121. The summed E-state index contributed by atoms with van der Waals surface area (Å²) in [5, 5.41) is 3.23. The first-order valence-electron chi connectivity index (χ1n) is 4.36. The van der Waals surface area contributed by atoms with Crippen molar-refractivity contribution in [1.82, 2.24) is 5.32 Å². The number of hydrogen-bond donors (Lipinski definition) is 2. The zero-order valence-electron chi connectivity index (χ0n) is 7.96. The van der Waals surface area contributed by atoms with Crippen LogP contribution in [0.15, 0.2) is 24.3 Å². The summed E-state index contributed by atoms with van der Waals surface area (Å²) in [4.78, 5) is 11.4. The molecule has 3 N–H and O–H groups in total. The van der Waals surface area contributed by atoms with Gasteiger partial charge in [0.1, 0.15) is 0 Å². The number of benzene rings is 1. The second-order valence-electron chi connectivity index (χ2n) is 2.95. The molecule has 0 radical (unpaired) electrons. The van der Waals surface area contributed by atoms with E-state index in [0.717, 1.165) is 5.56 Å². The van der Waals surface area contributed by atoms with Gasteiger partial charge in [0.05, 0.1) is 5.92 Å². The lowest BCUT2D eigenvalue weighted by atomic mass is 9.99. The first-order valence-corrected chi connectivity index (χ1v) is 4.74. The Morgan fingerprint density at radius 2 is 2.07 bits per heavy atom. The first kappa shape index (κ1) is 11.0. The third-order valence-corrected chi connectivity index (χ3v) is 2.32. The van der Waals surface area contributed by atoms with E-state index >= 15 is 0 Å². The van der Waals surface area contributed by atoms with Gasteiger partial charge in [0.15, 0.2) is 0 Å². The quantitative estimate of drug-likeness (QED) is 0.789. The lowest BCUT2D eigenvalue weighted by Crippen LogP contribution is -2.30. The van der Waals surface area contributed by atoms with Crippen LogP contribution in [0.5, 0.6) is 0 Å². The largest absolute Gasteiger partial charge is 0.359 e. The van der Waals surface area contributed by atoms with Crippen molar-refractivity contribution in [2.24, 2.45) is 5.73 Å². The van der Waals surface area contributed by atoms with Crippen LogP contribution in [-0.2, 0) is 4.79 Å². The molecule has 0 spiro atoms. The van der Waals surface area contributed by atoms with E-state index < -0.39 is 0 Å². The summed E-state index contributed by atoms with van der Waals surface area (Å²) < 4.78 is 0. The molecule has 14 heavy (non-hydrogen) atoms. The summed E-state index contributed by atoms with van der Waals surface area (Å²) >= 11 is 5.74. The maximum atomic E-state index is 11.4. The molecule has 3 nitrogen and oxygen atoms in total. The van der Waals surface area contributed by atoms with E-state index in [1.165, 1.54) is 0 Å². The fourth-order valence-electron chi connectivity index (χ4n) is 1.26. The number of rotatable bonds is 3. The summed E-state index contributed by atoms with van der Waals surface area (Å²) in [5.41, 5.74) is 6.41. The van der Waals surface area contributed by atoms with Gasteiger partial charge in [-0.05, 0) is 17.7 Å². The van der Waals surface area contributed by atoms with Gasteiger partial charge < -0.3 is 11.1 Å². The van der Waals surface area contributed by atoms with Crippen LogP contribution in [0.4, 0.5) is 0 Å². The van der Waals surface area contributed by atoms with Crippen LogP contribution >= 0.6 is 11.6 Å². The number of likely N-dealkylation sites (N-methyl/N-ethyl adjacent to an activating group) is 1. The van der Waals surface area contributed by atoms with Crippen LogP contribution in [0.3, 0.4) is 0 Å². The normalized spacial score (nSPS) is 12.2. The molecule has 0 aliphatic carbocycles. The molecule has 1 atom stereocenters. The van der Waals surface area contributed by atoms with Crippen molar-refractivity contribution in [3.8, 4) is 0 Å². The number of hydrogen-bond acceptors (Lipinski definition) is 2. The van der Waals surface area contributed by atoms with Crippen LogP contribution in [0, 0.1) is 0 Å². The van der Waals surface area contributed by atoms with Gasteiger partial charge in [-0.2, -0.15) is 0 Å². The summed E-state index contributed by atoms with van der Waals surface area (Å²) in [5.74, 6) is -0.368. The average Bonchev–Trinajstić information content (AvgIpc) is 2.21. The molecule has 0 saturated carbocycles. The van der Waals surface area contributed by atoms with Crippen molar-refractivity contribution in [3.63, 3.8) is 0 Å². The highest BCUT2D eigenvalue weighted by Crippen LogP contribution is 2.17. The van der Waals surface area contributed by atoms with Crippen molar-refractivity contribution in [1.29, 1.82) is 0 Å². The minimum absolute atomic E-state index is 0.0742. The molecule has 1 aromatic rings. The topological polar surface area (TPSA) is 55.1 Å². The monoisotopic (exact) mass is 212 g/mol. The highest BCUT2D eigenvalue weighted by molar-refractivity contribution is 6.30. The molecule has 0 aliphatic rings. The standard InChI is InChI=1S/C10H13ClN2O/c1-13-10(14)9(6-12)7-2-4-8(11)5-3-7/h2-5,9H,6,12H2,1H3,(H,13,14). The molecule has 76 valence electrons. The Balaban J connectivity index is 2.89. The number of carbonyl (C=O) groups excluding carboxylic acids is 1. The Hall–Kier alpha value is -1.06. The molecule has 1 amide bonds. The van der Waals surface area contributed by atoms with Crippen molar-refractivity contribution < 1.29 is 4.79 Å². The third-order valence-electron chi connectivity index (χ3n) is 2.07. The highest BCUT2D eigenvalue weighted by Gasteiger charge is 2.16. The Morgan fingerprint density at radius 3 is 2.50 bits per heavy atom. The van der Waals surface area contributed by atoms with Crippen molar-refractivity contribution in [2.45, 2.75) is 5.92 Å². The van der Waals surface area contributed by atoms with E-state index in [1.807, 2.05) is 12.1 Å². The molecule has 0 fully saturated rings. The number of carbonyl (C=O) groups is 1. The molecule has 0 saturated heterocycles. The Morgan fingerprint density at radius 1 is 1.50 bits per heavy atom.